The topological polar surface area (TPSA) is 46.5 Å². The molecule has 0 aliphatic rings. The van der Waals surface area contributed by atoms with E-state index in [1.165, 1.54) is 6.08 Å². The van der Waals surface area contributed by atoms with Crippen LogP contribution in [0.5, 0.6) is 5.75 Å². The largest absolute Gasteiger partial charge is 0.485 e. The van der Waals surface area contributed by atoms with Crippen LogP contribution < -0.4 is 4.74 Å². The van der Waals surface area contributed by atoms with Crippen LogP contribution >= 0.6 is 11.6 Å². The fraction of sp³-hybridized carbons (Fsp3) is 0.154. The lowest BCUT2D eigenvalue weighted by molar-refractivity contribution is -0.131. The molecule has 0 bridgehead atoms. The average Bonchev–Trinajstić information content (AvgIpc) is 2.29. The van der Waals surface area contributed by atoms with E-state index in [1.54, 1.807) is 24.3 Å². The Hall–Kier alpha value is -1.74. The number of carbonyl (C=O) groups is 1. The Labute approximate surface area is 105 Å². The molecule has 0 heterocycles. The summed E-state index contributed by atoms with van der Waals surface area (Å²) < 4.78 is 5.48. The quantitative estimate of drug-likeness (QED) is 0.645. The van der Waals surface area contributed by atoms with Crippen LogP contribution in [0.4, 0.5) is 0 Å². The van der Waals surface area contributed by atoms with E-state index >= 15 is 0 Å². The van der Waals surface area contributed by atoms with Gasteiger partial charge in [-0.25, -0.2) is 4.79 Å². The fourth-order valence-electron chi connectivity index (χ4n) is 1.13. The third-order valence-corrected chi connectivity index (χ3v) is 2.31. The lowest BCUT2D eigenvalue weighted by Crippen LogP contribution is -2.07. The van der Waals surface area contributed by atoms with Gasteiger partial charge < -0.3 is 9.84 Å². The van der Waals surface area contributed by atoms with Crippen molar-refractivity contribution in [2.24, 2.45) is 0 Å². The molecule has 0 spiro atoms. The zero-order valence-electron chi connectivity index (χ0n) is 9.39. The molecule has 4 heteroatoms. The number of ether oxygens (including phenoxy) is 1. The monoisotopic (exact) mass is 252 g/mol. The summed E-state index contributed by atoms with van der Waals surface area (Å²) in [5.74, 6) is -0.451. The fourth-order valence-corrected chi connectivity index (χ4v) is 1.37. The maximum absolute atomic E-state index is 10.4. The first-order valence-electron chi connectivity index (χ1n) is 5.02. The molecule has 1 N–H and O–H groups in total. The molecule has 0 fully saturated rings. The maximum atomic E-state index is 10.4. The van der Waals surface area contributed by atoms with Crippen molar-refractivity contribution >= 4 is 23.6 Å². The van der Waals surface area contributed by atoms with E-state index in [9.17, 15) is 4.79 Å². The summed E-state index contributed by atoms with van der Waals surface area (Å²) in [5, 5.41) is 8.93. The second kappa shape index (κ2) is 6.11. The summed E-state index contributed by atoms with van der Waals surface area (Å²) in [6.45, 7) is 5.46. The van der Waals surface area contributed by atoms with Crippen molar-refractivity contribution in [1.29, 1.82) is 0 Å². The minimum Gasteiger partial charge on any atom is -0.485 e. The summed E-state index contributed by atoms with van der Waals surface area (Å²) in [7, 11) is 0. The van der Waals surface area contributed by atoms with Gasteiger partial charge in [0.05, 0.1) is 5.02 Å². The Morgan fingerprint density at radius 1 is 1.59 bits per heavy atom. The van der Waals surface area contributed by atoms with Gasteiger partial charge in [0, 0.05) is 6.08 Å². The lowest BCUT2D eigenvalue weighted by Gasteiger charge is -2.12. The van der Waals surface area contributed by atoms with Crippen molar-refractivity contribution in [3.8, 4) is 5.75 Å². The lowest BCUT2D eigenvalue weighted by atomic mass is 10.2. The molecule has 1 unspecified atom stereocenters. The molecule has 1 rings (SSSR count). The van der Waals surface area contributed by atoms with Gasteiger partial charge in [-0.2, -0.15) is 0 Å². The molecule has 1 atom stereocenters. The molecule has 17 heavy (non-hydrogen) atoms. The average molecular weight is 253 g/mol. The molecule has 0 saturated carbocycles. The molecule has 0 aromatic heterocycles. The van der Waals surface area contributed by atoms with Crippen molar-refractivity contribution < 1.29 is 14.6 Å². The third kappa shape index (κ3) is 4.33. The second-order valence-corrected chi connectivity index (χ2v) is 3.83. The van der Waals surface area contributed by atoms with E-state index in [0.717, 1.165) is 6.08 Å². The zero-order valence-corrected chi connectivity index (χ0v) is 10.1. The first-order valence-corrected chi connectivity index (χ1v) is 5.40. The maximum Gasteiger partial charge on any atom is 0.328 e. The van der Waals surface area contributed by atoms with Crippen molar-refractivity contribution in [3.63, 3.8) is 0 Å². The Kier molecular flexibility index (Phi) is 4.79. The number of rotatable bonds is 5. The van der Waals surface area contributed by atoms with Gasteiger partial charge in [-0.05, 0) is 30.7 Å². The van der Waals surface area contributed by atoms with Gasteiger partial charge in [0.2, 0.25) is 0 Å². The van der Waals surface area contributed by atoms with Crippen LogP contribution in [-0.2, 0) is 4.79 Å². The first-order chi connectivity index (χ1) is 8.02. The number of hydrogen-bond acceptors (Lipinski definition) is 2. The summed E-state index contributed by atoms with van der Waals surface area (Å²) >= 11 is 6.01. The molecule has 0 aliphatic heterocycles. The Bertz CT molecular complexity index is 452. The third-order valence-electron chi connectivity index (χ3n) is 2.02. The molecule has 90 valence electrons. The minimum atomic E-state index is -0.998. The molecule has 0 aliphatic carbocycles. The van der Waals surface area contributed by atoms with Crippen molar-refractivity contribution in [1.82, 2.24) is 0 Å². The van der Waals surface area contributed by atoms with Crippen LogP contribution in [0.1, 0.15) is 12.5 Å². The van der Waals surface area contributed by atoms with Gasteiger partial charge in [0.1, 0.15) is 11.9 Å². The van der Waals surface area contributed by atoms with E-state index in [-0.39, 0.29) is 6.10 Å². The van der Waals surface area contributed by atoms with Gasteiger partial charge in [-0.15, -0.1) is 0 Å². The zero-order chi connectivity index (χ0) is 12.8. The number of benzene rings is 1. The Morgan fingerprint density at radius 3 is 2.82 bits per heavy atom. The highest BCUT2D eigenvalue weighted by molar-refractivity contribution is 6.32. The van der Waals surface area contributed by atoms with Crippen LogP contribution in [0.25, 0.3) is 6.08 Å². The summed E-state index contributed by atoms with van der Waals surface area (Å²) in [4.78, 5) is 10.4. The normalized spacial score (nSPS) is 12.4. The van der Waals surface area contributed by atoms with Crippen molar-refractivity contribution in [3.05, 3.63) is 47.5 Å². The van der Waals surface area contributed by atoms with Crippen LogP contribution in [0.2, 0.25) is 5.02 Å². The molecule has 0 saturated heterocycles. The number of carboxylic acids is 1. The summed E-state index contributed by atoms with van der Waals surface area (Å²) in [5.41, 5.74) is 0.705. The molecule has 1 aromatic rings. The van der Waals surface area contributed by atoms with Gasteiger partial charge in [-0.3, -0.25) is 0 Å². The highest BCUT2D eigenvalue weighted by atomic mass is 35.5. The molecule has 3 nitrogen and oxygen atoms in total. The highest BCUT2D eigenvalue weighted by Gasteiger charge is 2.04. The van der Waals surface area contributed by atoms with E-state index < -0.39 is 5.97 Å². The van der Waals surface area contributed by atoms with Crippen molar-refractivity contribution in [2.45, 2.75) is 13.0 Å². The molecular weight excluding hydrogens is 240 g/mol. The van der Waals surface area contributed by atoms with Gasteiger partial charge >= 0.3 is 5.97 Å². The van der Waals surface area contributed by atoms with E-state index in [1.807, 2.05) is 6.92 Å². The Morgan fingerprint density at radius 2 is 2.29 bits per heavy atom. The minimum absolute atomic E-state index is 0.132. The number of carboxylic acid groups (broad SMARTS) is 1. The Balaban J connectivity index is 2.86. The SMILES string of the molecule is C=CC(C)Oc1ccc(C=CC(=O)O)cc1Cl. The number of halogens is 1. The molecule has 0 radical (unpaired) electrons. The molecular formula is C13H13ClO3. The van der Waals surface area contributed by atoms with Crippen LogP contribution in [-0.4, -0.2) is 17.2 Å². The van der Waals surface area contributed by atoms with Crippen LogP contribution in [0.15, 0.2) is 36.9 Å². The molecule has 1 aromatic carbocycles. The van der Waals surface area contributed by atoms with Gasteiger partial charge in [0.25, 0.3) is 0 Å². The van der Waals surface area contributed by atoms with E-state index in [0.29, 0.717) is 16.3 Å². The number of aliphatic carboxylic acids is 1. The van der Waals surface area contributed by atoms with Crippen LogP contribution in [0.3, 0.4) is 0 Å². The smallest absolute Gasteiger partial charge is 0.328 e. The first kappa shape index (κ1) is 13.3. The standard InChI is InChI=1S/C13H13ClO3/c1-3-9(2)17-12-6-4-10(8-11(12)14)5-7-13(15)16/h3-9H,1H2,2H3,(H,15,16). The van der Waals surface area contributed by atoms with Crippen molar-refractivity contribution in [2.75, 3.05) is 0 Å². The van der Waals surface area contributed by atoms with Gasteiger partial charge in [-0.1, -0.05) is 30.3 Å². The number of hydrogen-bond donors (Lipinski definition) is 1. The van der Waals surface area contributed by atoms with Gasteiger partial charge in [0.15, 0.2) is 0 Å². The highest BCUT2D eigenvalue weighted by Crippen LogP contribution is 2.27. The molecule has 0 amide bonds. The summed E-state index contributed by atoms with van der Waals surface area (Å²) in [6.07, 6.45) is 4.05. The van der Waals surface area contributed by atoms with E-state index in [4.69, 9.17) is 21.4 Å². The van der Waals surface area contributed by atoms with E-state index in [2.05, 4.69) is 6.58 Å². The second-order valence-electron chi connectivity index (χ2n) is 3.42. The predicted octanol–water partition coefficient (Wildman–Crippen LogP) is 3.39. The summed E-state index contributed by atoms with van der Waals surface area (Å²) in [6, 6.07) is 5.08. The van der Waals surface area contributed by atoms with Crippen LogP contribution in [0, 0.1) is 0 Å². The predicted molar refractivity (Wildman–Crippen MR) is 68.4 cm³/mol.